The van der Waals surface area contributed by atoms with E-state index in [1.807, 2.05) is 28.3 Å². The molecule has 3 aromatic heterocycles. The summed E-state index contributed by atoms with van der Waals surface area (Å²) in [5.41, 5.74) is 6.32. The van der Waals surface area contributed by atoms with Crippen molar-refractivity contribution in [3.05, 3.63) is 36.4 Å². The Kier molecular flexibility index (Phi) is 2.12. The molecule has 0 radical (unpaired) electrons. The molecule has 0 spiro atoms. The minimum Gasteiger partial charge on any atom is -0.324 e. The van der Waals surface area contributed by atoms with Crippen LogP contribution in [0.1, 0.15) is 11.6 Å². The van der Waals surface area contributed by atoms with Gasteiger partial charge in [0.05, 0.1) is 6.54 Å². The highest BCUT2D eigenvalue weighted by Gasteiger charge is 2.11. The van der Waals surface area contributed by atoms with Crippen LogP contribution in [0.5, 0.6) is 0 Å². The third kappa shape index (κ3) is 1.40. The maximum Gasteiger partial charge on any atom is 0.204 e. The number of hydrogen-bond donors (Lipinski definition) is 1. The predicted molar refractivity (Wildman–Crippen MR) is 60.5 cm³/mol. The van der Waals surface area contributed by atoms with Gasteiger partial charge in [0.25, 0.3) is 0 Å². The largest absolute Gasteiger partial charge is 0.324 e. The Morgan fingerprint density at radius 3 is 2.82 bits per heavy atom. The second-order valence-electron chi connectivity index (χ2n) is 3.61. The number of rotatable bonds is 2. The van der Waals surface area contributed by atoms with Crippen LogP contribution in [0, 0.1) is 6.92 Å². The maximum atomic E-state index is 5.63. The van der Waals surface area contributed by atoms with Crippen LogP contribution in [-0.2, 0) is 6.54 Å². The first-order valence-corrected chi connectivity index (χ1v) is 5.20. The number of nitrogens with two attached hydrogens (primary N) is 1. The first-order valence-electron chi connectivity index (χ1n) is 5.20. The van der Waals surface area contributed by atoms with E-state index < -0.39 is 0 Å². The van der Waals surface area contributed by atoms with E-state index in [0.717, 1.165) is 11.6 Å². The van der Waals surface area contributed by atoms with Gasteiger partial charge in [-0.1, -0.05) is 0 Å². The summed E-state index contributed by atoms with van der Waals surface area (Å²) in [6, 6.07) is 0. The van der Waals surface area contributed by atoms with E-state index in [2.05, 4.69) is 20.2 Å². The lowest BCUT2D eigenvalue weighted by Gasteiger charge is -2.05. The van der Waals surface area contributed by atoms with E-state index in [9.17, 15) is 0 Å². The molecule has 17 heavy (non-hydrogen) atoms. The minimum absolute atomic E-state index is 0.350. The molecule has 0 fully saturated rings. The zero-order chi connectivity index (χ0) is 11.8. The summed E-state index contributed by atoms with van der Waals surface area (Å²) >= 11 is 0. The lowest BCUT2D eigenvalue weighted by atomic mass is 10.5. The van der Waals surface area contributed by atoms with Gasteiger partial charge in [-0.15, -0.1) is 10.2 Å². The van der Waals surface area contributed by atoms with Crippen molar-refractivity contribution in [2.45, 2.75) is 13.5 Å². The van der Waals surface area contributed by atoms with Crippen molar-refractivity contribution in [2.24, 2.45) is 5.73 Å². The van der Waals surface area contributed by atoms with Crippen molar-refractivity contribution < 1.29 is 0 Å². The number of nitrogens with zero attached hydrogens (tertiary/aromatic N) is 6. The molecule has 0 aliphatic heterocycles. The second-order valence-corrected chi connectivity index (χ2v) is 3.61. The molecular formula is C10H11N7. The number of aromatic nitrogens is 6. The third-order valence-electron chi connectivity index (χ3n) is 2.61. The Labute approximate surface area is 96.9 Å². The quantitative estimate of drug-likeness (QED) is 0.672. The summed E-state index contributed by atoms with van der Waals surface area (Å²) in [7, 11) is 0. The van der Waals surface area contributed by atoms with Crippen LogP contribution in [-0.4, -0.2) is 29.1 Å². The monoisotopic (exact) mass is 229 g/mol. The van der Waals surface area contributed by atoms with E-state index in [1.165, 1.54) is 0 Å². The van der Waals surface area contributed by atoms with Crippen molar-refractivity contribution in [2.75, 3.05) is 0 Å². The molecule has 0 aliphatic rings. The summed E-state index contributed by atoms with van der Waals surface area (Å²) in [4.78, 5) is 8.48. The molecule has 0 unspecified atom stereocenters. The normalized spacial score (nSPS) is 11.2. The molecular weight excluding hydrogens is 218 g/mol. The molecule has 86 valence electrons. The summed E-state index contributed by atoms with van der Waals surface area (Å²) in [5.74, 6) is 2.25. The number of aryl methyl sites for hydroxylation is 1. The first kappa shape index (κ1) is 9.91. The number of hydrogen-bond acceptors (Lipinski definition) is 5. The van der Waals surface area contributed by atoms with Crippen LogP contribution < -0.4 is 5.73 Å². The van der Waals surface area contributed by atoms with E-state index in [1.54, 1.807) is 12.4 Å². The topological polar surface area (TPSA) is 86.9 Å². The standard InChI is InChI=1S/C10H11N7/c1-7-14-15-10-9(13-3-4-16(7)10)17-5-2-12-8(17)6-11/h2-5H,6,11H2,1H3. The predicted octanol–water partition coefficient (Wildman–Crippen LogP) is 0.0771. The Morgan fingerprint density at radius 2 is 2.00 bits per heavy atom. The highest BCUT2D eigenvalue weighted by atomic mass is 15.3. The minimum atomic E-state index is 0.350. The van der Waals surface area contributed by atoms with Crippen LogP contribution in [0.3, 0.4) is 0 Å². The molecule has 0 bridgehead atoms. The summed E-state index contributed by atoms with van der Waals surface area (Å²) in [6.07, 6.45) is 7.04. The molecule has 0 saturated heterocycles. The average Bonchev–Trinajstić information content (AvgIpc) is 2.96. The molecule has 3 aromatic rings. The van der Waals surface area contributed by atoms with Gasteiger partial charge in [-0.05, 0) is 6.92 Å². The van der Waals surface area contributed by atoms with Crippen molar-refractivity contribution in [3.63, 3.8) is 0 Å². The molecule has 7 heteroatoms. The van der Waals surface area contributed by atoms with Crippen LogP contribution in [0.4, 0.5) is 0 Å². The summed E-state index contributed by atoms with van der Waals surface area (Å²) in [5, 5.41) is 8.14. The summed E-state index contributed by atoms with van der Waals surface area (Å²) < 4.78 is 3.70. The van der Waals surface area contributed by atoms with Gasteiger partial charge < -0.3 is 5.73 Å². The van der Waals surface area contributed by atoms with Gasteiger partial charge in [-0.25, -0.2) is 9.97 Å². The average molecular weight is 229 g/mol. The highest BCUT2D eigenvalue weighted by molar-refractivity contribution is 5.54. The van der Waals surface area contributed by atoms with Crippen LogP contribution in [0.25, 0.3) is 11.5 Å². The van der Waals surface area contributed by atoms with Gasteiger partial charge in [0.1, 0.15) is 11.6 Å². The molecule has 2 N–H and O–H groups in total. The molecule has 3 heterocycles. The maximum absolute atomic E-state index is 5.63. The van der Waals surface area contributed by atoms with Crippen molar-refractivity contribution in [3.8, 4) is 5.82 Å². The molecule has 7 nitrogen and oxygen atoms in total. The van der Waals surface area contributed by atoms with Gasteiger partial charge in [0.15, 0.2) is 5.82 Å². The fraction of sp³-hybridized carbons (Fsp3) is 0.200. The smallest absolute Gasteiger partial charge is 0.204 e. The van der Waals surface area contributed by atoms with E-state index >= 15 is 0 Å². The zero-order valence-electron chi connectivity index (χ0n) is 9.28. The van der Waals surface area contributed by atoms with Crippen LogP contribution in [0.15, 0.2) is 24.8 Å². The van der Waals surface area contributed by atoms with Gasteiger partial charge in [-0.3, -0.25) is 8.97 Å². The number of imidazole rings is 1. The van der Waals surface area contributed by atoms with Gasteiger partial charge in [0.2, 0.25) is 5.65 Å². The second kappa shape index (κ2) is 3.63. The van der Waals surface area contributed by atoms with E-state index in [-0.39, 0.29) is 0 Å². The number of fused-ring (bicyclic) bond motifs is 1. The third-order valence-corrected chi connectivity index (χ3v) is 2.61. The lowest BCUT2D eigenvalue weighted by Crippen LogP contribution is -2.09. The van der Waals surface area contributed by atoms with Gasteiger partial charge in [-0.2, -0.15) is 0 Å². The van der Waals surface area contributed by atoms with Crippen LogP contribution >= 0.6 is 0 Å². The van der Waals surface area contributed by atoms with Crippen molar-refractivity contribution in [1.82, 2.24) is 29.1 Å². The van der Waals surface area contributed by atoms with E-state index in [0.29, 0.717) is 18.0 Å². The molecule has 0 aromatic carbocycles. The highest BCUT2D eigenvalue weighted by Crippen LogP contribution is 2.13. The fourth-order valence-electron chi connectivity index (χ4n) is 1.78. The first-order chi connectivity index (χ1) is 8.31. The lowest BCUT2D eigenvalue weighted by molar-refractivity contribution is 0.843. The molecule has 0 atom stereocenters. The van der Waals surface area contributed by atoms with Crippen molar-refractivity contribution >= 4 is 5.65 Å². The molecule has 0 amide bonds. The Morgan fingerprint density at radius 1 is 1.18 bits per heavy atom. The van der Waals surface area contributed by atoms with Gasteiger partial charge in [0, 0.05) is 24.8 Å². The Balaban J connectivity index is 2.30. The fourth-order valence-corrected chi connectivity index (χ4v) is 1.78. The SMILES string of the molecule is Cc1nnc2c(-n3ccnc3CN)nccn12. The molecule has 0 aliphatic carbocycles. The van der Waals surface area contributed by atoms with E-state index in [4.69, 9.17) is 5.73 Å². The van der Waals surface area contributed by atoms with Crippen LogP contribution in [0.2, 0.25) is 0 Å². The summed E-state index contributed by atoms with van der Waals surface area (Å²) in [6.45, 7) is 2.24. The van der Waals surface area contributed by atoms with Gasteiger partial charge >= 0.3 is 0 Å². The Bertz CT molecular complexity index is 666. The molecule has 0 saturated carbocycles. The molecule has 3 rings (SSSR count). The van der Waals surface area contributed by atoms with Crippen molar-refractivity contribution in [1.29, 1.82) is 0 Å². The Hall–Kier alpha value is -2.28. The zero-order valence-corrected chi connectivity index (χ0v) is 9.28.